The molecular formula is C19H21N5O2S. The van der Waals surface area contributed by atoms with Gasteiger partial charge in [-0.1, -0.05) is 20.8 Å². The molecule has 5 heterocycles. The molecule has 2 unspecified atom stereocenters. The van der Waals surface area contributed by atoms with Crippen LogP contribution in [0.25, 0.3) is 16.5 Å². The smallest absolute Gasteiger partial charge is 0.225 e. The van der Waals surface area contributed by atoms with E-state index in [0.29, 0.717) is 5.82 Å². The van der Waals surface area contributed by atoms with Gasteiger partial charge in [0.1, 0.15) is 16.8 Å². The number of hydrogen-bond acceptors (Lipinski definition) is 6. The van der Waals surface area contributed by atoms with Crippen molar-refractivity contribution in [2.45, 2.75) is 57.7 Å². The number of fused-ring (bicyclic) bond motifs is 4. The summed E-state index contributed by atoms with van der Waals surface area (Å²) >= 11 is 1.62. The molecular weight excluding hydrogens is 362 g/mol. The molecule has 3 aromatic heterocycles. The van der Waals surface area contributed by atoms with Crippen LogP contribution in [0.15, 0.2) is 24.0 Å². The lowest BCUT2D eigenvalue weighted by Gasteiger charge is -2.22. The van der Waals surface area contributed by atoms with E-state index in [1.165, 1.54) is 24.2 Å². The Morgan fingerprint density at radius 3 is 2.93 bits per heavy atom. The Balaban J connectivity index is 1.69. The Hall–Kier alpha value is -2.32. The van der Waals surface area contributed by atoms with Crippen LogP contribution in [0.3, 0.4) is 0 Å². The van der Waals surface area contributed by atoms with Gasteiger partial charge in [-0.05, 0) is 12.8 Å². The summed E-state index contributed by atoms with van der Waals surface area (Å²) in [7, 11) is 0. The second-order valence-corrected chi connectivity index (χ2v) is 9.07. The maximum absolute atomic E-state index is 11.8. The number of nitrogens with zero attached hydrogens (tertiary/aromatic N) is 5. The molecule has 0 radical (unpaired) electrons. The van der Waals surface area contributed by atoms with Gasteiger partial charge in [-0.2, -0.15) is 9.83 Å². The Labute approximate surface area is 161 Å². The zero-order chi connectivity index (χ0) is 18.8. The van der Waals surface area contributed by atoms with E-state index in [-0.39, 0.29) is 17.6 Å². The van der Waals surface area contributed by atoms with Gasteiger partial charge in [-0.15, -0.1) is 11.3 Å². The molecule has 2 aliphatic heterocycles. The number of thiazole rings is 1. The lowest BCUT2D eigenvalue weighted by Crippen LogP contribution is -2.27. The largest absolute Gasteiger partial charge is 0.619 e. The zero-order valence-corrected chi connectivity index (χ0v) is 16.4. The molecule has 0 spiro atoms. The Bertz CT molecular complexity index is 1020. The van der Waals surface area contributed by atoms with E-state index < -0.39 is 0 Å². The molecule has 27 heavy (non-hydrogen) atoms. The summed E-state index contributed by atoms with van der Waals surface area (Å²) in [6.45, 7) is 6.48. The van der Waals surface area contributed by atoms with Gasteiger partial charge >= 0.3 is 0 Å². The lowest BCUT2D eigenvalue weighted by molar-refractivity contribution is -0.605. The average molecular weight is 383 g/mol. The minimum absolute atomic E-state index is 0.00385. The Morgan fingerprint density at radius 1 is 1.33 bits per heavy atom. The lowest BCUT2D eigenvalue weighted by atomic mass is 9.93. The molecule has 5 rings (SSSR count). The predicted molar refractivity (Wildman–Crippen MR) is 101 cm³/mol. The van der Waals surface area contributed by atoms with Crippen molar-refractivity contribution in [2.24, 2.45) is 0 Å². The molecule has 0 saturated carbocycles. The topological polar surface area (TPSA) is 79.8 Å². The first-order valence-electron chi connectivity index (χ1n) is 9.19. The summed E-state index contributed by atoms with van der Waals surface area (Å²) < 4.78 is 8.66. The normalized spacial score (nSPS) is 21.4. The third kappa shape index (κ3) is 2.74. The van der Waals surface area contributed by atoms with Gasteiger partial charge < -0.3 is 9.94 Å². The molecule has 7 nitrogen and oxygen atoms in total. The highest BCUT2D eigenvalue weighted by Crippen LogP contribution is 2.45. The SMILES string of the molecule is CC(C)(C)c1csc(-c2nn(-c3c[n+]([O-])ccn3)c3c2CC2CCC3O2)n1. The van der Waals surface area contributed by atoms with E-state index in [2.05, 4.69) is 31.1 Å². The van der Waals surface area contributed by atoms with Crippen LogP contribution in [0.2, 0.25) is 0 Å². The second-order valence-electron chi connectivity index (χ2n) is 8.21. The van der Waals surface area contributed by atoms with Crippen molar-refractivity contribution < 1.29 is 9.47 Å². The van der Waals surface area contributed by atoms with Gasteiger partial charge in [-0.3, -0.25) is 0 Å². The van der Waals surface area contributed by atoms with Crippen molar-refractivity contribution >= 4 is 11.3 Å². The van der Waals surface area contributed by atoms with Crippen LogP contribution in [0.4, 0.5) is 0 Å². The molecule has 2 bridgehead atoms. The van der Waals surface area contributed by atoms with Crippen LogP contribution in [-0.2, 0) is 16.6 Å². The summed E-state index contributed by atoms with van der Waals surface area (Å²) in [4.78, 5) is 9.23. The van der Waals surface area contributed by atoms with Gasteiger partial charge in [0, 0.05) is 22.8 Å². The molecule has 0 aliphatic carbocycles. The van der Waals surface area contributed by atoms with Crippen LogP contribution in [0.1, 0.15) is 56.7 Å². The van der Waals surface area contributed by atoms with Crippen molar-refractivity contribution in [2.75, 3.05) is 0 Å². The van der Waals surface area contributed by atoms with Gasteiger partial charge in [0.05, 0.1) is 23.7 Å². The molecule has 0 N–H and O–H groups in total. The minimum Gasteiger partial charge on any atom is -0.619 e. The fourth-order valence-electron chi connectivity index (χ4n) is 3.83. The first kappa shape index (κ1) is 16.8. The molecule has 0 aromatic carbocycles. The number of ether oxygens (including phenoxy) is 1. The molecule has 2 atom stereocenters. The standard InChI is InChI=1S/C19H21N5O2S/c1-19(2,3)14-10-27-18(21-14)16-12-8-11-4-5-13(26-11)17(12)24(22-16)15-9-23(25)7-6-20-15/h6-7,9-11,13H,4-5,8H2,1-3H3. The van der Waals surface area contributed by atoms with E-state index in [4.69, 9.17) is 14.8 Å². The molecule has 3 aromatic rings. The van der Waals surface area contributed by atoms with Gasteiger partial charge in [-0.25, -0.2) is 14.6 Å². The van der Waals surface area contributed by atoms with Crippen LogP contribution in [0.5, 0.6) is 0 Å². The van der Waals surface area contributed by atoms with E-state index in [9.17, 15) is 5.21 Å². The van der Waals surface area contributed by atoms with Crippen molar-refractivity contribution in [1.82, 2.24) is 19.7 Å². The zero-order valence-electron chi connectivity index (χ0n) is 15.5. The molecule has 0 amide bonds. The highest BCUT2D eigenvalue weighted by atomic mass is 32.1. The number of rotatable bonds is 2. The fraction of sp³-hybridized carbons (Fsp3) is 0.474. The highest BCUT2D eigenvalue weighted by Gasteiger charge is 2.40. The average Bonchev–Trinajstić information content (AvgIpc) is 3.32. The molecule has 1 fully saturated rings. The number of aromatic nitrogens is 5. The Kier molecular flexibility index (Phi) is 3.64. The van der Waals surface area contributed by atoms with Crippen LogP contribution in [-0.4, -0.2) is 25.9 Å². The second kappa shape index (κ2) is 5.84. The summed E-state index contributed by atoms with van der Waals surface area (Å²) in [5, 5.41) is 19.7. The van der Waals surface area contributed by atoms with E-state index >= 15 is 0 Å². The molecule has 2 aliphatic rings. The highest BCUT2D eigenvalue weighted by molar-refractivity contribution is 7.13. The number of hydrogen-bond donors (Lipinski definition) is 0. The molecule has 1 saturated heterocycles. The predicted octanol–water partition coefficient (Wildman–Crippen LogP) is 3.10. The summed E-state index contributed by atoms with van der Waals surface area (Å²) in [5.74, 6) is 0.511. The fourth-order valence-corrected chi connectivity index (χ4v) is 4.88. The first-order valence-corrected chi connectivity index (χ1v) is 10.1. The van der Waals surface area contributed by atoms with E-state index in [0.717, 1.165) is 46.1 Å². The van der Waals surface area contributed by atoms with Gasteiger partial charge in [0.25, 0.3) is 0 Å². The monoisotopic (exact) mass is 383 g/mol. The van der Waals surface area contributed by atoms with Gasteiger partial charge in [0.2, 0.25) is 12.0 Å². The first-order chi connectivity index (χ1) is 12.9. The third-order valence-corrected chi connectivity index (χ3v) is 6.07. The Morgan fingerprint density at radius 2 is 2.19 bits per heavy atom. The molecule has 140 valence electrons. The van der Waals surface area contributed by atoms with Crippen LogP contribution >= 0.6 is 11.3 Å². The molecule has 8 heteroatoms. The van der Waals surface area contributed by atoms with E-state index in [1.54, 1.807) is 16.0 Å². The summed E-state index contributed by atoms with van der Waals surface area (Å²) in [5.41, 5.74) is 4.16. The van der Waals surface area contributed by atoms with E-state index in [1.807, 2.05) is 0 Å². The van der Waals surface area contributed by atoms with Crippen molar-refractivity contribution in [3.05, 3.63) is 46.1 Å². The maximum atomic E-state index is 11.8. The quantitative estimate of drug-likeness (QED) is 0.502. The minimum atomic E-state index is -0.00536. The third-order valence-electron chi connectivity index (χ3n) is 5.22. The van der Waals surface area contributed by atoms with Gasteiger partial charge in [0.15, 0.2) is 6.20 Å². The van der Waals surface area contributed by atoms with Crippen LogP contribution < -0.4 is 4.73 Å². The van der Waals surface area contributed by atoms with Crippen molar-refractivity contribution in [1.29, 1.82) is 0 Å². The maximum Gasteiger partial charge on any atom is 0.225 e. The summed E-state index contributed by atoms with van der Waals surface area (Å²) in [6, 6.07) is 0. The summed E-state index contributed by atoms with van der Waals surface area (Å²) in [6.07, 6.45) is 7.41. The van der Waals surface area contributed by atoms with Crippen LogP contribution in [0, 0.1) is 5.21 Å². The van der Waals surface area contributed by atoms with Crippen molar-refractivity contribution in [3.8, 4) is 16.5 Å². The van der Waals surface area contributed by atoms with Crippen molar-refractivity contribution in [3.63, 3.8) is 0 Å².